The van der Waals surface area contributed by atoms with Crippen LogP contribution >= 0.6 is 0 Å². The molecule has 0 saturated carbocycles. The molecule has 21 heavy (non-hydrogen) atoms. The number of anilines is 1. The first-order chi connectivity index (χ1) is 10.2. The number of nitrogens with zero attached hydrogens (tertiary/aromatic N) is 3. The summed E-state index contributed by atoms with van der Waals surface area (Å²) in [6.45, 7) is 0.812. The minimum Gasteiger partial charge on any atom is -0.359 e. The molecular formula is C17H16FN3. The van der Waals surface area contributed by atoms with Gasteiger partial charge in [-0.2, -0.15) is 0 Å². The van der Waals surface area contributed by atoms with E-state index in [0.717, 1.165) is 29.7 Å². The summed E-state index contributed by atoms with van der Waals surface area (Å²) in [4.78, 5) is 10.5. The molecular weight excluding hydrogens is 265 g/mol. The molecule has 0 N–H and O–H groups in total. The lowest BCUT2D eigenvalue weighted by atomic mass is 10.1. The molecule has 0 unspecified atom stereocenters. The summed E-state index contributed by atoms with van der Waals surface area (Å²) in [7, 11) is 1.97. The number of aromatic nitrogens is 2. The second-order valence-electron chi connectivity index (χ2n) is 5.02. The van der Waals surface area contributed by atoms with E-state index in [-0.39, 0.29) is 5.82 Å². The van der Waals surface area contributed by atoms with Gasteiger partial charge in [-0.05, 0) is 30.2 Å². The van der Waals surface area contributed by atoms with Crippen molar-refractivity contribution < 1.29 is 4.39 Å². The lowest BCUT2D eigenvalue weighted by Gasteiger charge is -2.19. The highest BCUT2D eigenvalue weighted by Crippen LogP contribution is 2.22. The van der Waals surface area contributed by atoms with Crippen molar-refractivity contribution in [1.82, 2.24) is 9.97 Å². The summed E-state index contributed by atoms with van der Waals surface area (Å²) in [5, 5.41) is 0.744. The van der Waals surface area contributed by atoms with Crippen LogP contribution in [0.1, 0.15) is 5.56 Å². The predicted octanol–water partition coefficient (Wildman–Crippen LogP) is 3.45. The molecule has 3 aromatic rings. The van der Waals surface area contributed by atoms with Gasteiger partial charge in [0.25, 0.3) is 0 Å². The first kappa shape index (κ1) is 13.5. The maximum Gasteiger partial charge on any atom is 0.139 e. The van der Waals surface area contributed by atoms with Crippen LogP contribution in [-0.4, -0.2) is 23.6 Å². The van der Waals surface area contributed by atoms with Crippen LogP contribution in [0.5, 0.6) is 0 Å². The van der Waals surface area contributed by atoms with Crippen LogP contribution in [0.25, 0.3) is 10.9 Å². The zero-order valence-corrected chi connectivity index (χ0v) is 11.8. The van der Waals surface area contributed by atoms with Crippen LogP contribution in [0.15, 0.2) is 54.9 Å². The predicted molar refractivity (Wildman–Crippen MR) is 82.9 cm³/mol. The van der Waals surface area contributed by atoms with E-state index in [9.17, 15) is 4.39 Å². The van der Waals surface area contributed by atoms with E-state index in [1.807, 2.05) is 30.1 Å². The average Bonchev–Trinajstić information content (AvgIpc) is 2.53. The number of rotatable bonds is 4. The van der Waals surface area contributed by atoms with Gasteiger partial charge in [-0.3, -0.25) is 0 Å². The summed E-state index contributed by atoms with van der Waals surface area (Å²) in [6, 6.07) is 14.9. The fraction of sp³-hybridized carbons (Fsp3) is 0.176. The third kappa shape index (κ3) is 2.99. The summed E-state index contributed by atoms with van der Waals surface area (Å²) >= 11 is 0. The molecule has 0 aliphatic carbocycles. The number of benzene rings is 2. The molecule has 0 bridgehead atoms. The van der Waals surface area contributed by atoms with Gasteiger partial charge in [0.05, 0.1) is 5.52 Å². The molecule has 0 fully saturated rings. The minimum absolute atomic E-state index is 0.269. The molecule has 0 aliphatic heterocycles. The van der Waals surface area contributed by atoms with Gasteiger partial charge in [-0.25, -0.2) is 14.4 Å². The average molecular weight is 281 g/mol. The van der Waals surface area contributed by atoms with E-state index in [1.165, 1.54) is 24.0 Å². The van der Waals surface area contributed by atoms with Crippen molar-refractivity contribution in [2.45, 2.75) is 6.42 Å². The van der Waals surface area contributed by atoms with Gasteiger partial charge < -0.3 is 4.90 Å². The van der Waals surface area contributed by atoms with Gasteiger partial charge in [-0.1, -0.05) is 30.3 Å². The molecule has 1 heterocycles. The Balaban J connectivity index is 1.84. The Morgan fingerprint density at radius 2 is 1.86 bits per heavy atom. The lowest BCUT2D eigenvalue weighted by molar-refractivity contribution is 0.629. The van der Waals surface area contributed by atoms with E-state index in [4.69, 9.17) is 0 Å². The molecule has 1 aromatic heterocycles. The maximum absolute atomic E-state index is 13.5. The van der Waals surface area contributed by atoms with Crippen molar-refractivity contribution in [3.63, 3.8) is 0 Å². The Labute approximate surface area is 123 Å². The fourth-order valence-corrected chi connectivity index (χ4v) is 2.37. The molecule has 0 radical (unpaired) electrons. The molecule has 2 aromatic carbocycles. The second kappa shape index (κ2) is 5.87. The minimum atomic E-state index is -0.269. The van der Waals surface area contributed by atoms with Crippen molar-refractivity contribution in [3.8, 4) is 0 Å². The van der Waals surface area contributed by atoms with E-state index < -0.39 is 0 Å². The third-order valence-corrected chi connectivity index (χ3v) is 3.52. The highest BCUT2D eigenvalue weighted by atomic mass is 19.1. The molecule has 0 aliphatic rings. The number of halogens is 1. The van der Waals surface area contributed by atoms with Gasteiger partial charge in [-0.15, -0.1) is 0 Å². The Bertz CT molecular complexity index is 743. The van der Waals surface area contributed by atoms with Crippen molar-refractivity contribution in [1.29, 1.82) is 0 Å². The fourth-order valence-electron chi connectivity index (χ4n) is 2.37. The van der Waals surface area contributed by atoms with Crippen molar-refractivity contribution in [2.24, 2.45) is 0 Å². The first-order valence-corrected chi connectivity index (χ1v) is 6.89. The van der Waals surface area contributed by atoms with Gasteiger partial charge in [0.15, 0.2) is 0 Å². The number of likely N-dealkylation sites (N-methyl/N-ethyl adjacent to an activating group) is 1. The van der Waals surface area contributed by atoms with Crippen molar-refractivity contribution in [3.05, 3.63) is 66.2 Å². The second-order valence-corrected chi connectivity index (χ2v) is 5.02. The van der Waals surface area contributed by atoms with Gasteiger partial charge in [0, 0.05) is 19.0 Å². The first-order valence-electron chi connectivity index (χ1n) is 6.89. The van der Waals surface area contributed by atoms with Crippen LogP contribution in [0.3, 0.4) is 0 Å². The molecule has 0 amide bonds. The normalized spacial score (nSPS) is 10.8. The number of hydrogen-bond acceptors (Lipinski definition) is 3. The standard InChI is InChI=1S/C17H16FN3/c1-21(10-9-13-5-3-2-4-6-13)17-15-11-14(18)7-8-16(15)19-12-20-17/h2-8,11-12H,9-10H2,1H3. The van der Waals surface area contributed by atoms with Crippen LogP contribution in [0, 0.1) is 5.82 Å². The quantitative estimate of drug-likeness (QED) is 0.733. The van der Waals surface area contributed by atoms with E-state index >= 15 is 0 Å². The van der Waals surface area contributed by atoms with Crippen molar-refractivity contribution >= 4 is 16.7 Å². The lowest BCUT2D eigenvalue weighted by Crippen LogP contribution is -2.21. The maximum atomic E-state index is 13.5. The van der Waals surface area contributed by atoms with E-state index in [1.54, 1.807) is 6.07 Å². The largest absolute Gasteiger partial charge is 0.359 e. The number of hydrogen-bond donors (Lipinski definition) is 0. The summed E-state index contributed by atoms with van der Waals surface area (Å²) in [5.74, 6) is 0.491. The zero-order valence-electron chi connectivity index (χ0n) is 11.8. The van der Waals surface area contributed by atoms with Crippen LogP contribution in [-0.2, 0) is 6.42 Å². The molecule has 0 saturated heterocycles. The molecule has 0 spiro atoms. The van der Waals surface area contributed by atoms with Gasteiger partial charge in [0.1, 0.15) is 18.0 Å². The Kier molecular flexibility index (Phi) is 3.77. The smallest absolute Gasteiger partial charge is 0.139 e. The van der Waals surface area contributed by atoms with Crippen LogP contribution < -0.4 is 4.90 Å². The highest BCUT2D eigenvalue weighted by Gasteiger charge is 2.09. The zero-order chi connectivity index (χ0) is 14.7. The molecule has 106 valence electrons. The van der Waals surface area contributed by atoms with Crippen LogP contribution in [0.4, 0.5) is 10.2 Å². The highest BCUT2D eigenvalue weighted by molar-refractivity contribution is 5.89. The third-order valence-electron chi connectivity index (χ3n) is 3.52. The van der Waals surface area contributed by atoms with Gasteiger partial charge >= 0.3 is 0 Å². The number of fused-ring (bicyclic) bond motifs is 1. The van der Waals surface area contributed by atoms with Gasteiger partial charge in [0.2, 0.25) is 0 Å². The Hall–Kier alpha value is -2.49. The summed E-state index contributed by atoms with van der Waals surface area (Å²) in [6.07, 6.45) is 2.44. The molecule has 3 rings (SSSR count). The molecule has 3 nitrogen and oxygen atoms in total. The Morgan fingerprint density at radius 1 is 1.05 bits per heavy atom. The molecule has 0 atom stereocenters. The topological polar surface area (TPSA) is 29.0 Å². The Morgan fingerprint density at radius 3 is 2.67 bits per heavy atom. The summed E-state index contributed by atoms with van der Waals surface area (Å²) < 4.78 is 13.5. The van der Waals surface area contributed by atoms with E-state index in [2.05, 4.69) is 22.1 Å². The van der Waals surface area contributed by atoms with Crippen molar-refractivity contribution in [2.75, 3.05) is 18.5 Å². The van der Waals surface area contributed by atoms with E-state index in [0.29, 0.717) is 0 Å². The summed E-state index contributed by atoms with van der Waals surface area (Å²) in [5.41, 5.74) is 2.03. The SMILES string of the molecule is CN(CCc1ccccc1)c1ncnc2ccc(F)cc12. The molecule has 4 heteroatoms. The van der Waals surface area contributed by atoms with Crippen LogP contribution in [0.2, 0.25) is 0 Å². The monoisotopic (exact) mass is 281 g/mol.